The lowest BCUT2D eigenvalue weighted by molar-refractivity contribution is 0.0993. The normalized spacial score (nSPS) is 10.5. The molecule has 0 aromatic heterocycles. The zero-order chi connectivity index (χ0) is 21.5. The van der Waals surface area contributed by atoms with Crippen LogP contribution in [-0.4, -0.2) is 25.3 Å². The maximum Gasteiger partial charge on any atom is 0.258 e. The SMILES string of the molecule is Cc1ccc(C(=O)N(C)c2ccccc2)cc1CCCNc1ccc(C(=N)N)cc1. The number of nitrogens with two attached hydrogens (primary N) is 1. The first kappa shape index (κ1) is 21.1. The number of hydrogen-bond donors (Lipinski definition) is 3. The minimum Gasteiger partial charge on any atom is -0.385 e. The van der Waals surface area contributed by atoms with Crippen molar-refractivity contribution in [2.45, 2.75) is 19.8 Å². The molecule has 1 amide bonds. The average molecular weight is 401 g/mol. The van der Waals surface area contributed by atoms with Crippen LogP contribution in [0, 0.1) is 12.3 Å². The quantitative estimate of drug-likeness (QED) is 0.294. The van der Waals surface area contributed by atoms with Gasteiger partial charge < -0.3 is 16.0 Å². The lowest BCUT2D eigenvalue weighted by Crippen LogP contribution is -2.26. The van der Waals surface area contributed by atoms with E-state index in [4.69, 9.17) is 11.1 Å². The van der Waals surface area contributed by atoms with E-state index in [-0.39, 0.29) is 11.7 Å². The Balaban J connectivity index is 1.58. The van der Waals surface area contributed by atoms with Gasteiger partial charge in [-0.25, -0.2) is 0 Å². The van der Waals surface area contributed by atoms with Gasteiger partial charge in [0.2, 0.25) is 0 Å². The molecule has 0 aliphatic heterocycles. The first-order chi connectivity index (χ1) is 14.5. The zero-order valence-corrected chi connectivity index (χ0v) is 17.5. The number of hydrogen-bond acceptors (Lipinski definition) is 3. The largest absolute Gasteiger partial charge is 0.385 e. The van der Waals surface area contributed by atoms with Crippen LogP contribution >= 0.6 is 0 Å². The van der Waals surface area contributed by atoms with Gasteiger partial charge in [0.1, 0.15) is 5.84 Å². The Morgan fingerprint density at radius 2 is 1.67 bits per heavy atom. The molecular formula is C25H28N4O. The summed E-state index contributed by atoms with van der Waals surface area (Å²) >= 11 is 0. The van der Waals surface area contributed by atoms with Crippen molar-refractivity contribution >= 4 is 23.1 Å². The van der Waals surface area contributed by atoms with Crippen molar-refractivity contribution in [3.8, 4) is 0 Å². The van der Waals surface area contributed by atoms with Crippen LogP contribution in [0.3, 0.4) is 0 Å². The van der Waals surface area contributed by atoms with E-state index in [1.54, 1.807) is 11.9 Å². The molecule has 5 nitrogen and oxygen atoms in total. The maximum absolute atomic E-state index is 12.9. The van der Waals surface area contributed by atoms with Gasteiger partial charge in [0.05, 0.1) is 0 Å². The van der Waals surface area contributed by atoms with Gasteiger partial charge in [-0.2, -0.15) is 0 Å². The third-order valence-corrected chi connectivity index (χ3v) is 5.19. The van der Waals surface area contributed by atoms with E-state index < -0.39 is 0 Å². The summed E-state index contributed by atoms with van der Waals surface area (Å²) in [5.74, 6) is 0.0653. The van der Waals surface area contributed by atoms with E-state index >= 15 is 0 Å². The average Bonchev–Trinajstić information content (AvgIpc) is 2.77. The lowest BCUT2D eigenvalue weighted by atomic mass is 10.00. The highest BCUT2D eigenvalue weighted by molar-refractivity contribution is 6.05. The van der Waals surface area contributed by atoms with Crippen LogP contribution in [0.25, 0.3) is 0 Å². The Morgan fingerprint density at radius 3 is 2.33 bits per heavy atom. The Kier molecular flexibility index (Phi) is 6.86. The van der Waals surface area contributed by atoms with Crippen molar-refractivity contribution in [1.29, 1.82) is 5.41 Å². The number of para-hydroxylation sites is 1. The third kappa shape index (κ3) is 5.26. The fourth-order valence-corrected chi connectivity index (χ4v) is 3.32. The number of nitrogen functional groups attached to an aromatic ring is 1. The van der Waals surface area contributed by atoms with Gasteiger partial charge in [0, 0.05) is 36.1 Å². The first-order valence-corrected chi connectivity index (χ1v) is 10.1. The second kappa shape index (κ2) is 9.74. The van der Waals surface area contributed by atoms with Gasteiger partial charge in [0.15, 0.2) is 0 Å². The summed E-state index contributed by atoms with van der Waals surface area (Å²) < 4.78 is 0. The second-order valence-corrected chi connectivity index (χ2v) is 7.36. The van der Waals surface area contributed by atoms with E-state index in [1.807, 2.05) is 72.8 Å². The summed E-state index contributed by atoms with van der Waals surface area (Å²) in [7, 11) is 1.80. The summed E-state index contributed by atoms with van der Waals surface area (Å²) in [4.78, 5) is 14.6. The fraction of sp³-hybridized carbons (Fsp3) is 0.200. The van der Waals surface area contributed by atoms with Crippen LogP contribution in [-0.2, 0) is 6.42 Å². The Hall–Kier alpha value is -3.60. The molecule has 30 heavy (non-hydrogen) atoms. The molecule has 0 spiro atoms. The number of nitrogens with one attached hydrogen (secondary N) is 2. The summed E-state index contributed by atoms with van der Waals surface area (Å²) in [6.07, 6.45) is 1.84. The van der Waals surface area contributed by atoms with Gasteiger partial charge in [-0.3, -0.25) is 10.2 Å². The molecule has 154 valence electrons. The Bertz CT molecular complexity index is 1010. The van der Waals surface area contributed by atoms with Crippen LogP contribution in [0.2, 0.25) is 0 Å². The van der Waals surface area contributed by atoms with Crippen molar-refractivity contribution in [2.75, 3.05) is 23.8 Å². The first-order valence-electron chi connectivity index (χ1n) is 10.1. The molecule has 5 heteroatoms. The standard InChI is InChI=1S/C25H28N4O/c1-18-10-11-21(25(30)29(2)23-8-4-3-5-9-23)17-20(18)7-6-16-28-22-14-12-19(13-15-22)24(26)27/h3-5,8-15,17,28H,6-7,16H2,1-2H3,(H3,26,27). The van der Waals surface area contributed by atoms with Crippen LogP contribution in [0.1, 0.15) is 33.5 Å². The number of benzene rings is 3. The highest BCUT2D eigenvalue weighted by Crippen LogP contribution is 2.19. The summed E-state index contributed by atoms with van der Waals surface area (Å²) in [6, 6.07) is 23.1. The van der Waals surface area contributed by atoms with Crippen LogP contribution in [0.4, 0.5) is 11.4 Å². The number of rotatable bonds is 8. The van der Waals surface area contributed by atoms with Gasteiger partial charge in [-0.1, -0.05) is 24.3 Å². The lowest BCUT2D eigenvalue weighted by Gasteiger charge is -2.18. The molecular weight excluding hydrogens is 372 g/mol. The number of carbonyl (C=O) groups excluding carboxylic acids is 1. The number of nitrogens with zero attached hydrogens (tertiary/aromatic N) is 1. The molecule has 3 rings (SSSR count). The molecule has 0 radical (unpaired) electrons. The Morgan fingerprint density at radius 1 is 1.00 bits per heavy atom. The predicted octanol–water partition coefficient (Wildman–Crippen LogP) is 4.60. The third-order valence-electron chi connectivity index (χ3n) is 5.19. The van der Waals surface area contributed by atoms with Crippen molar-refractivity contribution in [3.05, 3.63) is 95.1 Å². The zero-order valence-electron chi connectivity index (χ0n) is 17.5. The Labute approximate surface area is 178 Å². The number of aryl methyl sites for hydroxylation is 2. The number of carbonyl (C=O) groups is 1. The van der Waals surface area contributed by atoms with Crippen LogP contribution in [0.5, 0.6) is 0 Å². The second-order valence-electron chi connectivity index (χ2n) is 7.36. The van der Waals surface area contributed by atoms with Crippen molar-refractivity contribution in [2.24, 2.45) is 5.73 Å². The van der Waals surface area contributed by atoms with E-state index in [0.29, 0.717) is 5.56 Å². The van der Waals surface area contributed by atoms with Gasteiger partial charge >= 0.3 is 0 Å². The van der Waals surface area contributed by atoms with E-state index in [9.17, 15) is 4.79 Å². The summed E-state index contributed by atoms with van der Waals surface area (Å²) in [5, 5.41) is 10.8. The van der Waals surface area contributed by atoms with Gasteiger partial charge in [-0.15, -0.1) is 0 Å². The van der Waals surface area contributed by atoms with Crippen molar-refractivity contribution < 1.29 is 4.79 Å². The highest BCUT2D eigenvalue weighted by atomic mass is 16.2. The maximum atomic E-state index is 12.9. The summed E-state index contributed by atoms with van der Waals surface area (Å²) in [5.41, 5.74) is 11.2. The fourth-order valence-electron chi connectivity index (χ4n) is 3.32. The van der Waals surface area contributed by atoms with Crippen molar-refractivity contribution in [1.82, 2.24) is 0 Å². The van der Waals surface area contributed by atoms with E-state index in [2.05, 4.69) is 12.2 Å². The molecule has 3 aromatic rings. The van der Waals surface area contributed by atoms with E-state index in [0.717, 1.165) is 36.3 Å². The topological polar surface area (TPSA) is 82.2 Å². The minimum absolute atomic E-state index is 0.00821. The minimum atomic E-state index is -0.00821. The molecule has 0 aliphatic carbocycles. The monoisotopic (exact) mass is 400 g/mol. The van der Waals surface area contributed by atoms with E-state index in [1.165, 1.54) is 11.1 Å². The molecule has 0 bridgehead atoms. The van der Waals surface area contributed by atoms with Crippen LogP contribution in [0.15, 0.2) is 72.8 Å². The molecule has 0 unspecified atom stereocenters. The molecule has 0 saturated carbocycles. The number of anilines is 2. The molecule has 0 fully saturated rings. The molecule has 0 atom stereocenters. The number of amides is 1. The molecule has 0 heterocycles. The predicted molar refractivity (Wildman–Crippen MR) is 125 cm³/mol. The molecule has 0 aliphatic rings. The van der Waals surface area contributed by atoms with Crippen LogP contribution < -0.4 is 16.0 Å². The summed E-state index contributed by atoms with van der Waals surface area (Å²) in [6.45, 7) is 2.90. The highest BCUT2D eigenvalue weighted by Gasteiger charge is 2.14. The molecule has 3 aromatic carbocycles. The number of amidine groups is 1. The smallest absolute Gasteiger partial charge is 0.258 e. The molecule has 0 saturated heterocycles. The molecule has 4 N–H and O–H groups in total. The van der Waals surface area contributed by atoms with Gasteiger partial charge in [-0.05, 0) is 79.4 Å². The van der Waals surface area contributed by atoms with Crippen molar-refractivity contribution in [3.63, 3.8) is 0 Å². The van der Waals surface area contributed by atoms with Gasteiger partial charge in [0.25, 0.3) is 5.91 Å².